The SMILES string of the molecule is CC(C)(C)c1ccc(N(c2ccc(-c3ccccc3)cc2)c2cc3c(c4oc(C(C)(C)C)nc24)-c2c(cc(N(c4ccc(-c5ccccc5)cc4)c4ccc(C(C)(C)C)cc4)c4nc(C(C)(C)C)oc24)C3(c2ccccc2)c2ccccc2)cc1. The smallest absolute Gasteiger partial charge is 0.200 e. The average molecular weight is 1110 g/mol. The number of nitrogens with zero attached hydrogens (tertiary/aromatic N) is 4. The number of fused-ring (bicyclic) bond motifs is 7. The molecule has 0 unspecified atom stereocenters. The minimum atomic E-state index is -0.958. The van der Waals surface area contributed by atoms with E-state index >= 15 is 0 Å². The van der Waals surface area contributed by atoms with E-state index in [1.807, 2.05) is 0 Å². The van der Waals surface area contributed by atoms with Crippen LogP contribution in [0.1, 0.15) is 128 Å². The molecule has 2 heterocycles. The Morgan fingerprint density at radius 1 is 0.318 bits per heavy atom. The van der Waals surface area contributed by atoms with Gasteiger partial charge in [-0.05, 0) is 127 Å². The first-order valence-electron chi connectivity index (χ1n) is 29.9. The highest BCUT2D eigenvalue weighted by Gasteiger charge is 2.51. The van der Waals surface area contributed by atoms with E-state index in [-0.39, 0.29) is 10.8 Å². The molecule has 0 N–H and O–H groups in total. The van der Waals surface area contributed by atoms with E-state index in [2.05, 4.69) is 323 Å². The van der Waals surface area contributed by atoms with Crippen LogP contribution in [0.4, 0.5) is 34.1 Å². The fourth-order valence-electron chi connectivity index (χ4n) is 12.4. The van der Waals surface area contributed by atoms with Gasteiger partial charge < -0.3 is 18.6 Å². The van der Waals surface area contributed by atoms with Gasteiger partial charge in [0.15, 0.2) is 11.2 Å². The molecule has 0 radical (unpaired) electrons. The molecule has 10 aromatic carbocycles. The monoisotopic (exact) mass is 1110 g/mol. The van der Waals surface area contributed by atoms with Crippen molar-refractivity contribution in [2.24, 2.45) is 0 Å². The van der Waals surface area contributed by atoms with Crippen molar-refractivity contribution in [2.75, 3.05) is 9.80 Å². The van der Waals surface area contributed by atoms with Gasteiger partial charge in [0, 0.05) is 44.7 Å². The third-order valence-corrected chi connectivity index (χ3v) is 17.0. The molecule has 1 aliphatic rings. The van der Waals surface area contributed by atoms with Gasteiger partial charge in [0.25, 0.3) is 0 Å². The van der Waals surface area contributed by atoms with Gasteiger partial charge in [-0.25, -0.2) is 9.97 Å². The van der Waals surface area contributed by atoms with Crippen LogP contribution in [0, 0.1) is 0 Å². The van der Waals surface area contributed by atoms with Gasteiger partial charge in [-0.2, -0.15) is 0 Å². The minimum absolute atomic E-state index is 0.0547. The molecule has 0 atom stereocenters. The molecule has 1 aliphatic carbocycles. The molecule has 0 amide bonds. The lowest BCUT2D eigenvalue weighted by Crippen LogP contribution is -2.29. The molecular formula is C79H74N4O2. The third kappa shape index (κ3) is 9.62. The summed E-state index contributed by atoms with van der Waals surface area (Å²) in [6.45, 7) is 26.7. The van der Waals surface area contributed by atoms with Gasteiger partial charge >= 0.3 is 0 Å². The Labute approximate surface area is 501 Å². The van der Waals surface area contributed by atoms with E-state index in [1.54, 1.807) is 0 Å². The lowest BCUT2D eigenvalue weighted by molar-refractivity contribution is 0.410. The summed E-state index contributed by atoms with van der Waals surface area (Å²) in [7, 11) is 0. The molecular weight excluding hydrogens is 1040 g/mol. The van der Waals surface area contributed by atoms with E-state index in [4.69, 9.17) is 18.8 Å². The Hall–Kier alpha value is -9.26. The van der Waals surface area contributed by atoms with E-state index in [0.29, 0.717) is 22.9 Å². The predicted molar refractivity (Wildman–Crippen MR) is 354 cm³/mol. The first-order valence-corrected chi connectivity index (χ1v) is 29.9. The Balaban J connectivity index is 1.18. The molecule has 0 aliphatic heterocycles. The number of rotatable bonds is 10. The zero-order valence-electron chi connectivity index (χ0n) is 51.0. The van der Waals surface area contributed by atoms with Crippen molar-refractivity contribution in [3.8, 4) is 33.4 Å². The fraction of sp³-hybridized carbons (Fsp3) is 0.215. The van der Waals surface area contributed by atoms with Crippen molar-refractivity contribution in [3.63, 3.8) is 0 Å². The molecule has 12 aromatic rings. The highest BCUT2D eigenvalue weighted by atomic mass is 16.4. The Kier molecular flexibility index (Phi) is 13.3. The molecule has 0 fully saturated rings. The van der Waals surface area contributed by atoms with Crippen LogP contribution in [0.25, 0.3) is 55.6 Å². The van der Waals surface area contributed by atoms with Crippen LogP contribution in [0.2, 0.25) is 0 Å². The lowest BCUT2D eigenvalue weighted by atomic mass is 9.67. The molecule has 0 bridgehead atoms. The molecule has 85 heavy (non-hydrogen) atoms. The standard InChI is InChI=1S/C79H74N4O2/c1-75(2,3)55-37-45-61(46-38-55)82(59-41-33-53(34-42-59)51-25-17-13-18-26-51)65-49-63-67(71-69(65)80-73(84-71)77(7,8)9)68-64(79(63,57-29-21-15-22-30-57)58-31-23-16-24-32-58)50-66(70-72(68)85-74(81-70)78(10,11)12)83(62-47-39-56(40-48-62)76(4,5)6)60-43-35-54(36-44-60)52-27-19-14-20-28-52/h13-50H,1-12H3. The van der Waals surface area contributed by atoms with Gasteiger partial charge in [-0.1, -0.05) is 253 Å². The van der Waals surface area contributed by atoms with Crippen LogP contribution in [-0.2, 0) is 27.1 Å². The quantitative estimate of drug-likeness (QED) is 0.136. The molecule has 0 saturated carbocycles. The van der Waals surface area contributed by atoms with Crippen molar-refractivity contribution in [1.29, 1.82) is 0 Å². The maximum absolute atomic E-state index is 7.52. The molecule has 422 valence electrons. The van der Waals surface area contributed by atoms with Crippen molar-refractivity contribution in [3.05, 3.63) is 276 Å². The zero-order chi connectivity index (χ0) is 59.2. The summed E-state index contributed by atoms with van der Waals surface area (Å²) in [4.78, 5) is 16.1. The second kappa shape index (κ2) is 20.5. The molecule has 13 rings (SSSR count). The first-order chi connectivity index (χ1) is 40.7. The van der Waals surface area contributed by atoms with Crippen molar-refractivity contribution >= 4 is 56.3 Å². The number of oxazole rings is 2. The van der Waals surface area contributed by atoms with Gasteiger partial charge in [0.1, 0.15) is 11.0 Å². The maximum atomic E-state index is 7.52. The van der Waals surface area contributed by atoms with Crippen molar-refractivity contribution in [1.82, 2.24) is 9.97 Å². The largest absolute Gasteiger partial charge is 0.439 e. The summed E-state index contributed by atoms with van der Waals surface area (Å²) >= 11 is 0. The minimum Gasteiger partial charge on any atom is -0.439 e. The number of benzene rings is 10. The van der Waals surface area contributed by atoms with Crippen LogP contribution in [0.5, 0.6) is 0 Å². The van der Waals surface area contributed by atoms with Crippen LogP contribution in [0.15, 0.2) is 239 Å². The lowest BCUT2D eigenvalue weighted by Gasteiger charge is -2.35. The molecule has 2 aromatic heterocycles. The fourth-order valence-corrected chi connectivity index (χ4v) is 12.4. The van der Waals surface area contributed by atoms with E-state index < -0.39 is 16.2 Å². The summed E-state index contributed by atoms with van der Waals surface area (Å²) < 4.78 is 15.0. The molecule has 0 saturated heterocycles. The van der Waals surface area contributed by atoms with E-state index in [0.717, 1.165) is 101 Å². The zero-order valence-corrected chi connectivity index (χ0v) is 51.0. The average Bonchev–Trinajstić information content (AvgIpc) is 1.53. The summed E-state index contributed by atoms with van der Waals surface area (Å²) in [6, 6.07) is 84.2. The summed E-state index contributed by atoms with van der Waals surface area (Å²) in [5.41, 5.74) is 20.0. The highest BCUT2D eigenvalue weighted by Crippen LogP contribution is 2.63. The number of aromatic nitrogens is 2. The maximum Gasteiger partial charge on any atom is 0.200 e. The Morgan fingerprint density at radius 2 is 0.600 bits per heavy atom. The topological polar surface area (TPSA) is 58.5 Å². The third-order valence-electron chi connectivity index (χ3n) is 17.0. The number of anilines is 6. The predicted octanol–water partition coefficient (Wildman–Crippen LogP) is 21.8. The molecule has 6 nitrogen and oxygen atoms in total. The summed E-state index contributed by atoms with van der Waals surface area (Å²) in [6.07, 6.45) is 0. The molecule has 6 heteroatoms. The van der Waals surface area contributed by atoms with Crippen LogP contribution < -0.4 is 9.80 Å². The van der Waals surface area contributed by atoms with Crippen molar-refractivity contribution < 1.29 is 8.83 Å². The van der Waals surface area contributed by atoms with E-state index in [1.165, 1.54) is 11.1 Å². The van der Waals surface area contributed by atoms with Crippen LogP contribution in [-0.4, -0.2) is 9.97 Å². The van der Waals surface area contributed by atoms with Gasteiger partial charge in [-0.3, -0.25) is 0 Å². The van der Waals surface area contributed by atoms with Crippen LogP contribution >= 0.6 is 0 Å². The molecule has 0 spiro atoms. The number of hydrogen-bond acceptors (Lipinski definition) is 6. The van der Waals surface area contributed by atoms with Gasteiger partial charge in [0.2, 0.25) is 11.8 Å². The normalized spacial score (nSPS) is 13.3. The summed E-state index contributed by atoms with van der Waals surface area (Å²) in [5.74, 6) is 1.28. The first kappa shape index (κ1) is 55.0. The van der Waals surface area contributed by atoms with Crippen LogP contribution in [0.3, 0.4) is 0 Å². The number of hydrogen-bond donors (Lipinski definition) is 0. The van der Waals surface area contributed by atoms with E-state index in [9.17, 15) is 0 Å². The highest BCUT2D eigenvalue weighted by molar-refractivity contribution is 6.14. The second-order valence-corrected chi connectivity index (χ2v) is 27.1. The second-order valence-electron chi connectivity index (χ2n) is 27.1. The van der Waals surface area contributed by atoms with Gasteiger partial charge in [0.05, 0.1) is 16.8 Å². The van der Waals surface area contributed by atoms with Crippen molar-refractivity contribution in [2.45, 2.75) is 110 Å². The Bertz CT molecular complexity index is 4090. The van der Waals surface area contributed by atoms with Gasteiger partial charge in [-0.15, -0.1) is 0 Å². The summed E-state index contributed by atoms with van der Waals surface area (Å²) in [5, 5.41) is 0. The Morgan fingerprint density at radius 3 is 0.894 bits per heavy atom.